The van der Waals surface area contributed by atoms with Crippen LogP contribution in [0, 0.1) is 11.8 Å². The van der Waals surface area contributed by atoms with Crippen molar-refractivity contribution >= 4 is 35.1 Å². The summed E-state index contributed by atoms with van der Waals surface area (Å²) in [5, 5.41) is 14.3. The van der Waals surface area contributed by atoms with Crippen molar-refractivity contribution in [1.29, 1.82) is 0 Å². The van der Waals surface area contributed by atoms with Gasteiger partial charge in [0.15, 0.2) is 11.8 Å². The first-order chi connectivity index (χ1) is 20.4. The number of nitrogens with zero attached hydrogens (tertiary/aromatic N) is 3. The minimum Gasteiger partial charge on any atom is -0.476 e. The van der Waals surface area contributed by atoms with Gasteiger partial charge in [0.05, 0.1) is 6.04 Å². The van der Waals surface area contributed by atoms with Gasteiger partial charge < -0.3 is 24.8 Å². The number of likely N-dealkylation sites (tertiary alicyclic amines) is 1. The number of esters is 1. The van der Waals surface area contributed by atoms with Crippen LogP contribution in [0.3, 0.4) is 0 Å². The number of carbonyl (C=O) groups excluding carboxylic acids is 3. The maximum atomic E-state index is 14.5. The molecule has 43 heavy (non-hydrogen) atoms. The smallest absolute Gasteiger partial charge is 0.355 e. The summed E-state index contributed by atoms with van der Waals surface area (Å²) in [7, 11) is 1.94. The molecule has 0 spiro atoms. The maximum Gasteiger partial charge on any atom is 0.355 e. The number of carboxylic acid groups (broad SMARTS) is 1. The van der Waals surface area contributed by atoms with Crippen molar-refractivity contribution in [3.05, 3.63) is 16.1 Å². The Kier molecular flexibility index (Phi) is 15.6. The van der Waals surface area contributed by atoms with E-state index >= 15 is 0 Å². The largest absolute Gasteiger partial charge is 0.476 e. The number of rotatable bonds is 18. The zero-order chi connectivity index (χ0) is 32.1. The first-order valence-electron chi connectivity index (χ1n) is 15.7. The summed E-state index contributed by atoms with van der Waals surface area (Å²) in [6.07, 6.45) is 5.68. The molecule has 0 aliphatic carbocycles. The molecule has 11 nitrogen and oxygen atoms in total. The third-order valence-electron chi connectivity index (χ3n) is 8.21. The van der Waals surface area contributed by atoms with Gasteiger partial charge in [0.1, 0.15) is 17.8 Å². The molecule has 1 aromatic heterocycles. The highest BCUT2D eigenvalue weighted by molar-refractivity contribution is 7.09. The van der Waals surface area contributed by atoms with Gasteiger partial charge in [0.25, 0.3) is 0 Å². The number of thiazole rings is 1. The summed E-state index contributed by atoms with van der Waals surface area (Å²) in [6, 6.07) is -1.51. The topological polar surface area (TPSA) is 138 Å². The van der Waals surface area contributed by atoms with Gasteiger partial charge in [-0.05, 0) is 44.7 Å². The maximum absolute atomic E-state index is 14.5. The van der Waals surface area contributed by atoms with E-state index in [4.69, 9.17) is 9.47 Å². The lowest BCUT2D eigenvalue weighted by molar-refractivity contribution is -0.153. The Morgan fingerprint density at radius 2 is 1.91 bits per heavy atom. The Labute approximate surface area is 260 Å². The molecule has 1 aliphatic heterocycles. The summed E-state index contributed by atoms with van der Waals surface area (Å²) in [5.74, 6) is -2.32. The predicted octanol–water partition coefficient (Wildman–Crippen LogP) is 4.87. The number of nitrogens with one attached hydrogen (secondary N) is 1. The molecule has 0 bridgehead atoms. The fourth-order valence-electron chi connectivity index (χ4n) is 5.37. The minimum atomic E-state index is -1.17. The molecule has 0 radical (unpaired) electrons. The fraction of sp³-hybridized carbons (Fsp3) is 0.774. The predicted molar refractivity (Wildman–Crippen MR) is 166 cm³/mol. The van der Waals surface area contributed by atoms with Gasteiger partial charge in [0.2, 0.25) is 11.8 Å². The number of hydrogen-bond donors (Lipinski definition) is 2. The van der Waals surface area contributed by atoms with Crippen molar-refractivity contribution in [2.75, 3.05) is 26.9 Å². The van der Waals surface area contributed by atoms with Crippen LogP contribution in [0.5, 0.6) is 0 Å². The first-order valence-corrected chi connectivity index (χ1v) is 16.5. The standard InChI is InChI=1S/C31H52N4O7S/c1-8-10-13-16-41-19-35(30(38)27(21(5)9-2)33-28(37)24-14-11-12-15-34(24)7)25(20(3)4)17-26(42-22(6)36)29-32-23(18-43-29)31(39)40/h18,20-21,24-27H,8-17,19H2,1-7H3,(H,33,37)(H,39,40)/t21-,24+,25+,26+,27-/m0/s1. The number of piperidine rings is 1. The molecule has 2 heterocycles. The van der Waals surface area contributed by atoms with E-state index in [1.54, 1.807) is 4.90 Å². The third kappa shape index (κ3) is 11.1. The average molecular weight is 625 g/mol. The zero-order valence-electron chi connectivity index (χ0n) is 27.0. The SMILES string of the molecule is CCCCCOCN(C(=O)[C@@H](NC(=O)[C@H]1CCCCN1C)[C@@H](C)CC)[C@H](C[C@@H](OC(C)=O)c1nc(C(=O)O)cs1)C(C)C. The van der Waals surface area contributed by atoms with Crippen LogP contribution in [-0.4, -0.2) is 88.7 Å². The molecule has 1 saturated heterocycles. The average Bonchev–Trinajstić information content (AvgIpc) is 3.46. The van der Waals surface area contributed by atoms with Gasteiger partial charge >= 0.3 is 11.9 Å². The highest BCUT2D eigenvalue weighted by Crippen LogP contribution is 2.31. The lowest BCUT2D eigenvalue weighted by atomic mass is 9.92. The van der Waals surface area contributed by atoms with Crippen molar-refractivity contribution in [3.63, 3.8) is 0 Å². The van der Waals surface area contributed by atoms with E-state index in [0.29, 0.717) is 18.0 Å². The Morgan fingerprint density at radius 3 is 2.47 bits per heavy atom. The fourth-order valence-corrected chi connectivity index (χ4v) is 6.20. The molecule has 0 unspecified atom stereocenters. The monoisotopic (exact) mass is 624 g/mol. The van der Waals surface area contributed by atoms with Crippen LogP contribution in [0.1, 0.15) is 115 Å². The Morgan fingerprint density at radius 1 is 1.19 bits per heavy atom. The van der Waals surface area contributed by atoms with Crippen molar-refractivity contribution in [2.24, 2.45) is 11.8 Å². The van der Waals surface area contributed by atoms with Gasteiger partial charge in [-0.15, -0.1) is 11.3 Å². The molecular weight excluding hydrogens is 572 g/mol. The second-order valence-corrected chi connectivity index (χ2v) is 12.8. The molecule has 0 saturated carbocycles. The lowest BCUT2D eigenvalue weighted by Gasteiger charge is -2.40. The first kappa shape index (κ1) is 36.6. The summed E-state index contributed by atoms with van der Waals surface area (Å²) in [6.45, 7) is 12.6. The number of unbranched alkanes of at least 4 members (excludes halogenated alkanes) is 2. The van der Waals surface area contributed by atoms with E-state index in [2.05, 4.69) is 17.2 Å². The van der Waals surface area contributed by atoms with Crippen LogP contribution in [0.2, 0.25) is 0 Å². The Bertz CT molecular complexity index is 1050. The summed E-state index contributed by atoms with van der Waals surface area (Å²) < 4.78 is 11.7. The molecule has 244 valence electrons. The van der Waals surface area contributed by atoms with E-state index in [9.17, 15) is 24.3 Å². The molecule has 2 N–H and O–H groups in total. The number of hydrogen-bond acceptors (Lipinski definition) is 9. The molecule has 1 fully saturated rings. The molecule has 0 aromatic carbocycles. The van der Waals surface area contributed by atoms with Gasteiger partial charge in [-0.25, -0.2) is 9.78 Å². The molecule has 5 atom stereocenters. The van der Waals surface area contributed by atoms with Crippen molar-refractivity contribution in [2.45, 2.75) is 117 Å². The second-order valence-electron chi connectivity index (χ2n) is 11.9. The van der Waals surface area contributed by atoms with E-state index < -0.39 is 30.1 Å². The molecular formula is C31H52N4O7S. The number of carbonyl (C=O) groups is 4. The van der Waals surface area contributed by atoms with Gasteiger partial charge in [-0.1, -0.05) is 60.3 Å². The number of aromatic carboxylic acids is 1. The zero-order valence-corrected chi connectivity index (χ0v) is 27.8. The van der Waals surface area contributed by atoms with Crippen LogP contribution in [-0.2, 0) is 23.9 Å². The van der Waals surface area contributed by atoms with E-state index in [1.165, 1.54) is 12.3 Å². The van der Waals surface area contributed by atoms with Crippen LogP contribution in [0.25, 0.3) is 0 Å². The number of carboxylic acids is 1. The molecule has 2 rings (SSSR count). The van der Waals surface area contributed by atoms with E-state index in [0.717, 1.165) is 56.4 Å². The number of likely N-dealkylation sites (N-methyl/N-ethyl adjacent to an activating group) is 1. The van der Waals surface area contributed by atoms with Crippen LogP contribution in [0.15, 0.2) is 5.38 Å². The van der Waals surface area contributed by atoms with Gasteiger partial charge in [0, 0.05) is 31.4 Å². The van der Waals surface area contributed by atoms with Crippen LogP contribution >= 0.6 is 11.3 Å². The van der Waals surface area contributed by atoms with E-state index in [-0.39, 0.29) is 48.5 Å². The molecule has 1 aliphatic rings. The van der Waals surface area contributed by atoms with E-state index in [1.807, 2.05) is 39.6 Å². The highest BCUT2D eigenvalue weighted by atomic mass is 32.1. The lowest BCUT2D eigenvalue weighted by Crippen LogP contribution is -2.59. The molecule has 12 heteroatoms. The Hall–Kier alpha value is -2.57. The molecule has 2 amide bonds. The molecule has 1 aromatic rings. The summed E-state index contributed by atoms with van der Waals surface area (Å²) in [4.78, 5) is 59.5. The van der Waals surface area contributed by atoms with Gasteiger partial charge in [-0.3, -0.25) is 19.3 Å². The van der Waals surface area contributed by atoms with Crippen LogP contribution < -0.4 is 5.32 Å². The van der Waals surface area contributed by atoms with Gasteiger partial charge in [-0.2, -0.15) is 0 Å². The van der Waals surface area contributed by atoms with Crippen molar-refractivity contribution < 1.29 is 33.8 Å². The quantitative estimate of drug-likeness (QED) is 0.133. The second kappa shape index (κ2) is 18.3. The number of aromatic nitrogens is 1. The summed E-state index contributed by atoms with van der Waals surface area (Å²) >= 11 is 1.10. The Balaban J connectivity index is 2.43. The van der Waals surface area contributed by atoms with Crippen LogP contribution in [0.4, 0.5) is 0 Å². The normalized spacial score (nSPS) is 18.5. The number of ether oxygens (including phenoxy) is 2. The van der Waals surface area contributed by atoms with Crippen molar-refractivity contribution in [3.8, 4) is 0 Å². The minimum absolute atomic E-state index is 0.0164. The highest BCUT2D eigenvalue weighted by Gasteiger charge is 2.39. The number of amides is 2. The third-order valence-corrected chi connectivity index (χ3v) is 9.14. The summed E-state index contributed by atoms with van der Waals surface area (Å²) in [5.41, 5.74) is -0.127. The van der Waals surface area contributed by atoms with Crippen molar-refractivity contribution in [1.82, 2.24) is 20.1 Å².